The Morgan fingerprint density at radius 1 is 1.15 bits per heavy atom. The molecule has 1 aliphatic heterocycles. The number of amides is 1. The number of carbonyl (C=O) groups is 1. The smallest absolute Gasteiger partial charge is 0.339 e. The number of ether oxygens (including phenoxy) is 2. The monoisotopic (exact) mass is 493 g/mol. The molecule has 0 saturated carbocycles. The topological polar surface area (TPSA) is 82.1 Å². The number of hydrogen-bond acceptors (Lipinski definition) is 6. The third-order valence-corrected chi connectivity index (χ3v) is 6.63. The van der Waals surface area contributed by atoms with Gasteiger partial charge in [-0.05, 0) is 60.2 Å². The van der Waals surface area contributed by atoms with E-state index in [-0.39, 0.29) is 40.4 Å². The molecular formula is C25H32FNO6S. The van der Waals surface area contributed by atoms with Crippen molar-refractivity contribution in [2.24, 2.45) is 5.41 Å². The third kappa shape index (κ3) is 7.17. The van der Waals surface area contributed by atoms with E-state index in [1.165, 1.54) is 7.11 Å². The molecule has 1 heterocycles. The van der Waals surface area contributed by atoms with Gasteiger partial charge in [0.25, 0.3) is 0 Å². The molecule has 1 aliphatic rings. The minimum atomic E-state index is -4.21. The number of nitrogens with zero attached hydrogens (tertiary/aromatic N) is 1. The molecule has 0 aromatic heterocycles. The van der Waals surface area contributed by atoms with Gasteiger partial charge < -0.3 is 18.6 Å². The van der Waals surface area contributed by atoms with Gasteiger partial charge in [-0.2, -0.15) is 8.42 Å². The minimum Gasteiger partial charge on any atom is -0.493 e. The molecule has 1 atom stereocenters. The van der Waals surface area contributed by atoms with Crippen LogP contribution < -0.4 is 8.92 Å². The molecule has 0 spiro atoms. The van der Waals surface area contributed by atoms with Crippen LogP contribution in [-0.2, 0) is 26.2 Å². The first-order valence-electron chi connectivity index (χ1n) is 11.2. The molecule has 9 heteroatoms. The quantitative estimate of drug-likeness (QED) is 0.477. The van der Waals surface area contributed by atoms with Crippen LogP contribution in [0.15, 0.2) is 47.4 Å². The van der Waals surface area contributed by atoms with Crippen LogP contribution in [0.2, 0.25) is 0 Å². The molecule has 1 amide bonds. The van der Waals surface area contributed by atoms with Gasteiger partial charge in [0.15, 0.2) is 11.5 Å². The van der Waals surface area contributed by atoms with Crippen molar-refractivity contribution in [1.29, 1.82) is 0 Å². The van der Waals surface area contributed by atoms with Crippen LogP contribution in [0.5, 0.6) is 11.5 Å². The molecule has 0 aliphatic carbocycles. The van der Waals surface area contributed by atoms with Gasteiger partial charge in [0.1, 0.15) is 10.7 Å². The van der Waals surface area contributed by atoms with Gasteiger partial charge in [-0.1, -0.05) is 26.8 Å². The summed E-state index contributed by atoms with van der Waals surface area (Å²) in [5.41, 5.74) is 0.508. The van der Waals surface area contributed by atoms with Crippen LogP contribution >= 0.6 is 0 Å². The summed E-state index contributed by atoms with van der Waals surface area (Å²) < 4.78 is 55.0. The zero-order valence-corrected chi connectivity index (χ0v) is 20.9. The van der Waals surface area contributed by atoms with Crippen molar-refractivity contribution in [1.82, 2.24) is 4.90 Å². The lowest BCUT2D eigenvalue weighted by Crippen LogP contribution is -2.38. The molecule has 7 nitrogen and oxygen atoms in total. The van der Waals surface area contributed by atoms with E-state index in [1.807, 2.05) is 20.8 Å². The zero-order valence-electron chi connectivity index (χ0n) is 20.0. The molecule has 0 bridgehead atoms. The highest BCUT2D eigenvalue weighted by Crippen LogP contribution is 2.32. The molecule has 2 aromatic carbocycles. The summed E-state index contributed by atoms with van der Waals surface area (Å²) in [6.45, 7) is 7.45. The molecule has 0 N–H and O–H groups in total. The first-order chi connectivity index (χ1) is 16.0. The summed E-state index contributed by atoms with van der Waals surface area (Å²) in [5, 5.41) is 0. The predicted molar refractivity (Wildman–Crippen MR) is 126 cm³/mol. The zero-order chi connectivity index (χ0) is 24.9. The van der Waals surface area contributed by atoms with Crippen LogP contribution in [0.25, 0.3) is 0 Å². The molecular weight excluding hydrogens is 461 g/mol. The SMILES string of the molecule is COc1ccc(CN(C[C@H]2CCCO2)C(=O)CC(C)(C)C)cc1OS(=O)(=O)c1ccc(F)cc1. The second-order valence-corrected chi connectivity index (χ2v) is 11.2. The lowest BCUT2D eigenvalue weighted by atomic mass is 9.91. The third-order valence-electron chi connectivity index (χ3n) is 5.39. The molecule has 34 heavy (non-hydrogen) atoms. The fourth-order valence-electron chi connectivity index (χ4n) is 3.73. The molecule has 0 unspecified atom stereocenters. The fourth-order valence-corrected chi connectivity index (χ4v) is 4.66. The summed E-state index contributed by atoms with van der Waals surface area (Å²) in [7, 11) is -2.81. The average Bonchev–Trinajstić information content (AvgIpc) is 3.25. The van der Waals surface area contributed by atoms with E-state index in [0.717, 1.165) is 37.1 Å². The molecule has 1 fully saturated rings. The Balaban J connectivity index is 1.85. The Hall–Kier alpha value is -2.65. The van der Waals surface area contributed by atoms with Gasteiger partial charge in [0.2, 0.25) is 5.91 Å². The second kappa shape index (κ2) is 10.7. The van der Waals surface area contributed by atoms with Crippen molar-refractivity contribution >= 4 is 16.0 Å². The van der Waals surface area contributed by atoms with Crippen molar-refractivity contribution in [3.8, 4) is 11.5 Å². The van der Waals surface area contributed by atoms with Crippen LogP contribution in [0.1, 0.15) is 45.6 Å². The molecule has 0 radical (unpaired) electrons. The Morgan fingerprint density at radius 2 is 1.85 bits per heavy atom. The summed E-state index contributed by atoms with van der Waals surface area (Å²) in [5.74, 6) is -0.337. The number of methoxy groups -OCH3 is 1. The van der Waals surface area contributed by atoms with Gasteiger partial charge in [-0.15, -0.1) is 0 Å². The van der Waals surface area contributed by atoms with Gasteiger partial charge in [0, 0.05) is 26.1 Å². The maximum absolute atomic E-state index is 13.2. The largest absolute Gasteiger partial charge is 0.493 e. The molecule has 2 aromatic rings. The van der Waals surface area contributed by atoms with E-state index in [1.54, 1.807) is 23.1 Å². The summed E-state index contributed by atoms with van der Waals surface area (Å²) in [6, 6.07) is 9.28. The van der Waals surface area contributed by atoms with Gasteiger partial charge in [0.05, 0.1) is 13.2 Å². The van der Waals surface area contributed by atoms with E-state index >= 15 is 0 Å². The van der Waals surface area contributed by atoms with Crippen molar-refractivity contribution in [2.75, 3.05) is 20.3 Å². The Kier molecular flexibility index (Phi) is 8.20. The summed E-state index contributed by atoms with van der Waals surface area (Å²) >= 11 is 0. The maximum Gasteiger partial charge on any atom is 0.339 e. The molecule has 3 rings (SSSR count). The Bertz CT molecular complexity index is 1090. The highest BCUT2D eigenvalue weighted by molar-refractivity contribution is 7.87. The molecule has 186 valence electrons. The van der Waals surface area contributed by atoms with E-state index in [4.69, 9.17) is 13.7 Å². The van der Waals surface area contributed by atoms with E-state index in [9.17, 15) is 17.6 Å². The first-order valence-corrected chi connectivity index (χ1v) is 12.6. The minimum absolute atomic E-state index is 0.000204. The lowest BCUT2D eigenvalue weighted by Gasteiger charge is -2.29. The predicted octanol–water partition coefficient (Wildman–Crippen LogP) is 4.55. The number of carbonyl (C=O) groups excluding carboxylic acids is 1. The van der Waals surface area contributed by atoms with Crippen molar-refractivity contribution in [2.45, 2.75) is 57.6 Å². The number of hydrogen-bond donors (Lipinski definition) is 0. The molecule has 1 saturated heterocycles. The lowest BCUT2D eigenvalue weighted by molar-refractivity contribution is -0.135. The van der Waals surface area contributed by atoms with Crippen LogP contribution in [-0.4, -0.2) is 45.6 Å². The Labute approximate surface area is 200 Å². The first kappa shape index (κ1) is 26.0. The van der Waals surface area contributed by atoms with E-state index in [0.29, 0.717) is 25.1 Å². The van der Waals surface area contributed by atoms with Crippen molar-refractivity contribution < 1.29 is 31.3 Å². The average molecular weight is 494 g/mol. The van der Waals surface area contributed by atoms with E-state index in [2.05, 4.69) is 0 Å². The van der Waals surface area contributed by atoms with Crippen molar-refractivity contribution in [3.63, 3.8) is 0 Å². The number of rotatable bonds is 9. The van der Waals surface area contributed by atoms with E-state index < -0.39 is 15.9 Å². The van der Waals surface area contributed by atoms with Crippen LogP contribution in [0, 0.1) is 11.2 Å². The van der Waals surface area contributed by atoms with Gasteiger partial charge in [-0.3, -0.25) is 4.79 Å². The van der Waals surface area contributed by atoms with Gasteiger partial charge in [-0.25, -0.2) is 4.39 Å². The fraction of sp³-hybridized carbons (Fsp3) is 0.480. The van der Waals surface area contributed by atoms with Crippen LogP contribution in [0.3, 0.4) is 0 Å². The standard InChI is InChI=1S/C25H32FNO6S/c1-25(2,3)15-24(28)27(17-20-6-5-13-32-20)16-18-7-12-22(31-4)23(14-18)33-34(29,30)21-10-8-19(26)9-11-21/h7-12,14,20H,5-6,13,15-17H2,1-4H3/t20-/m1/s1. The Morgan fingerprint density at radius 3 is 2.44 bits per heavy atom. The van der Waals surface area contributed by atoms with Crippen molar-refractivity contribution in [3.05, 3.63) is 53.8 Å². The van der Waals surface area contributed by atoms with Gasteiger partial charge >= 0.3 is 10.1 Å². The maximum atomic E-state index is 13.2. The van der Waals surface area contributed by atoms with Crippen LogP contribution in [0.4, 0.5) is 4.39 Å². The second-order valence-electron chi connectivity index (χ2n) is 9.62. The number of benzene rings is 2. The normalized spacial score (nSPS) is 16.3. The highest BCUT2D eigenvalue weighted by atomic mass is 32.2. The highest BCUT2D eigenvalue weighted by Gasteiger charge is 2.27. The summed E-state index contributed by atoms with van der Waals surface area (Å²) in [6.07, 6.45) is 2.22. The summed E-state index contributed by atoms with van der Waals surface area (Å²) in [4.78, 5) is 14.7. The number of halogens is 1.